The summed E-state index contributed by atoms with van der Waals surface area (Å²) in [6, 6.07) is 59.9. The first kappa shape index (κ1) is 31.1. The molecule has 0 amide bonds. The van der Waals surface area contributed by atoms with Gasteiger partial charge in [-0.3, -0.25) is 4.98 Å². The Balaban J connectivity index is 1.12. The number of para-hydroxylation sites is 2. The molecule has 0 unspecified atom stereocenters. The van der Waals surface area contributed by atoms with E-state index in [2.05, 4.69) is 146 Å². The summed E-state index contributed by atoms with van der Waals surface area (Å²) in [6.45, 7) is 4.72. The first-order valence-corrected chi connectivity index (χ1v) is 18.1. The Morgan fingerprint density at radius 2 is 0.962 bits per heavy atom. The zero-order valence-electron chi connectivity index (χ0n) is 29.5. The molecule has 1 aliphatic heterocycles. The largest absolute Gasteiger partial charge is 0.457 e. The summed E-state index contributed by atoms with van der Waals surface area (Å²) in [4.78, 5) is 14.6. The van der Waals surface area contributed by atoms with E-state index in [0.29, 0.717) is 5.82 Å². The average Bonchev–Trinajstić information content (AvgIpc) is 3.23. The van der Waals surface area contributed by atoms with Crippen LogP contribution in [0.25, 0.3) is 45.2 Å². The second-order valence-corrected chi connectivity index (χ2v) is 14.4. The summed E-state index contributed by atoms with van der Waals surface area (Å²) < 4.78 is 6.58. The zero-order chi connectivity index (χ0) is 35.6. The fourth-order valence-electron chi connectivity index (χ4n) is 8.58. The SMILES string of the molecule is CC1(C)c2ccccc2C2(c3ccccc3Oc3ccccc32)c2ccc(-c3ccc(-c4nc(-c5ccccc5)cc(-c5ccccn5)n4)cc3)cc21. The van der Waals surface area contributed by atoms with Crippen LogP contribution >= 0.6 is 0 Å². The maximum Gasteiger partial charge on any atom is 0.160 e. The monoisotopic (exact) mass is 681 g/mol. The predicted molar refractivity (Wildman–Crippen MR) is 212 cm³/mol. The van der Waals surface area contributed by atoms with Gasteiger partial charge in [-0.1, -0.05) is 147 Å². The smallest absolute Gasteiger partial charge is 0.160 e. The second-order valence-electron chi connectivity index (χ2n) is 14.4. The van der Waals surface area contributed by atoms with Gasteiger partial charge in [-0.05, 0) is 69.8 Å². The fourth-order valence-corrected chi connectivity index (χ4v) is 8.58. The number of aromatic nitrogens is 3. The Morgan fingerprint density at radius 1 is 0.396 bits per heavy atom. The van der Waals surface area contributed by atoms with Crippen LogP contribution in [0.2, 0.25) is 0 Å². The number of ether oxygens (including phenoxy) is 1. The lowest BCUT2D eigenvalue weighted by molar-refractivity contribution is 0.425. The highest BCUT2D eigenvalue weighted by molar-refractivity contribution is 5.79. The Kier molecular flexibility index (Phi) is 7.02. The van der Waals surface area contributed by atoms with Crippen LogP contribution in [0.3, 0.4) is 0 Å². The van der Waals surface area contributed by atoms with Gasteiger partial charge in [0, 0.05) is 33.9 Å². The number of nitrogens with zero attached hydrogens (tertiary/aromatic N) is 3. The lowest BCUT2D eigenvalue weighted by Crippen LogP contribution is -2.43. The lowest BCUT2D eigenvalue weighted by Gasteiger charge is -2.50. The minimum Gasteiger partial charge on any atom is -0.457 e. The molecule has 0 radical (unpaired) electrons. The molecule has 4 nitrogen and oxygen atoms in total. The lowest BCUT2D eigenvalue weighted by atomic mass is 9.53. The first-order valence-electron chi connectivity index (χ1n) is 18.1. The van der Waals surface area contributed by atoms with Crippen molar-refractivity contribution in [1.29, 1.82) is 0 Å². The molecular formula is C49H35N3O. The molecule has 0 N–H and O–H groups in total. The summed E-state index contributed by atoms with van der Waals surface area (Å²) in [7, 11) is 0. The Labute approximate surface area is 309 Å². The highest BCUT2D eigenvalue weighted by Crippen LogP contribution is 2.61. The topological polar surface area (TPSA) is 47.9 Å². The average molecular weight is 682 g/mol. The van der Waals surface area contributed by atoms with Crippen LogP contribution in [-0.4, -0.2) is 15.0 Å². The van der Waals surface area contributed by atoms with Crippen molar-refractivity contribution in [3.8, 4) is 56.7 Å². The van der Waals surface area contributed by atoms with Crippen molar-refractivity contribution in [1.82, 2.24) is 15.0 Å². The van der Waals surface area contributed by atoms with E-state index in [9.17, 15) is 0 Å². The summed E-state index contributed by atoms with van der Waals surface area (Å²) in [5.74, 6) is 2.47. The highest BCUT2D eigenvalue weighted by atomic mass is 16.5. The number of rotatable bonds is 4. The number of pyridine rings is 1. The number of hydrogen-bond donors (Lipinski definition) is 0. The van der Waals surface area contributed by atoms with Gasteiger partial charge in [0.25, 0.3) is 0 Å². The maximum absolute atomic E-state index is 6.58. The highest BCUT2D eigenvalue weighted by Gasteiger charge is 2.52. The van der Waals surface area contributed by atoms with Gasteiger partial charge in [0.2, 0.25) is 0 Å². The molecule has 1 aliphatic carbocycles. The number of hydrogen-bond acceptors (Lipinski definition) is 4. The third-order valence-electron chi connectivity index (χ3n) is 11.1. The summed E-state index contributed by atoms with van der Waals surface area (Å²) in [5.41, 5.74) is 13.6. The molecule has 0 atom stereocenters. The number of fused-ring (bicyclic) bond motifs is 8. The molecule has 3 heterocycles. The Hall–Kier alpha value is -6.65. The van der Waals surface area contributed by atoms with Crippen molar-refractivity contribution in [2.75, 3.05) is 0 Å². The molecule has 0 saturated heterocycles. The van der Waals surface area contributed by atoms with Gasteiger partial charge >= 0.3 is 0 Å². The van der Waals surface area contributed by atoms with E-state index < -0.39 is 5.41 Å². The van der Waals surface area contributed by atoms with Crippen LogP contribution in [0, 0.1) is 0 Å². The van der Waals surface area contributed by atoms with Gasteiger partial charge in [0.1, 0.15) is 11.5 Å². The van der Waals surface area contributed by atoms with Gasteiger partial charge in [-0.25, -0.2) is 9.97 Å². The van der Waals surface area contributed by atoms with Gasteiger partial charge in [0.15, 0.2) is 5.82 Å². The molecule has 10 rings (SSSR count). The summed E-state index contributed by atoms with van der Waals surface area (Å²) in [6.07, 6.45) is 1.80. The van der Waals surface area contributed by atoms with Gasteiger partial charge in [-0.2, -0.15) is 0 Å². The van der Waals surface area contributed by atoms with Crippen LogP contribution in [0.1, 0.15) is 47.2 Å². The van der Waals surface area contributed by atoms with Crippen LogP contribution in [-0.2, 0) is 10.8 Å². The second kappa shape index (κ2) is 12.0. The van der Waals surface area contributed by atoms with E-state index in [-0.39, 0.29) is 5.41 Å². The molecule has 0 fully saturated rings. The van der Waals surface area contributed by atoms with Gasteiger partial charge in [-0.15, -0.1) is 0 Å². The molecule has 2 aliphatic rings. The maximum atomic E-state index is 6.58. The third-order valence-corrected chi connectivity index (χ3v) is 11.1. The Bertz CT molecular complexity index is 2560. The minimum atomic E-state index is -0.526. The van der Waals surface area contributed by atoms with E-state index in [1.54, 1.807) is 6.20 Å². The number of benzene rings is 6. The quantitative estimate of drug-likeness (QED) is 0.185. The normalized spacial score (nSPS) is 14.3. The van der Waals surface area contributed by atoms with E-state index in [1.807, 2.05) is 42.5 Å². The molecule has 4 heteroatoms. The van der Waals surface area contributed by atoms with Gasteiger partial charge in [0.05, 0.1) is 22.5 Å². The van der Waals surface area contributed by atoms with E-state index in [0.717, 1.165) is 45.3 Å². The molecule has 2 aromatic heterocycles. The molecule has 53 heavy (non-hydrogen) atoms. The Morgan fingerprint density at radius 3 is 1.66 bits per heavy atom. The summed E-state index contributed by atoms with van der Waals surface area (Å²) in [5, 5.41) is 0. The molecule has 0 bridgehead atoms. The van der Waals surface area contributed by atoms with Crippen molar-refractivity contribution >= 4 is 0 Å². The predicted octanol–water partition coefficient (Wildman–Crippen LogP) is 11.7. The van der Waals surface area contributed by atoms with Crippen molar-refractivity contribution in [2.24, 2.45) is 0 Å². The molecule has 1 spiro atoms. The van der Waals surface area contributed by atoms with Crippen LogP contribution < -0.4 is 4.74 Å². The zero-order valence-corrected chi connectivity index (χ0v) is 29.5. The minimum absolute atomic E-state index is 0.247. The third kappa shape index (κ3) is 4.79. The first-order chi connectivity index (χ1) is 26.0. The fraction of sp³-hybridized carbons (Fsp3) is 0.0816. The van der Waals surface area contributed by atoms with Crippen LogP contribution in [0.4, 0.5) is 0 Å². The van der Waals surface area contributed by atoms with E-state index >= 15 is 0 Å². The molecular weight excluding hydrogens is 647 g/mol. The molecule has 252 valence electrons. The summed E-state index contributed by atoms with van der Waals surface area (Å²) >= 11 is 0. The van der Waals surface area contributed by atoms with Crippen LogP contribution in [0.15, 0.2) is 176 Å². The van der Waals surface area contributed by atoms with E-state index in [1.165, 1.54) is 38.9 Å². The van der Waals surface area contributed by atoms with Crippen molar-refractivity contribution in [3.05, 3.63) is 209 Å². The van der Waals surface area contributed by atoms with Crippen molar-refractivity contribution in [3.63, 3.8) is 0 Å². The molecule has 0 saturated carbocycles. The van der Waals surface area contributed by atoms with Crippen LogP contribution in [0.5, 0.6) is 11.5 Å². The molecule has 6 aromatic carbocycles. The molecule has 8 aromatic rings. The van der Waals surface area contributed by atoms with E-state index in [4.69, 9.17) is 14.7 Å². The van der Waals surface area contributed by atoms with Crippen molar-refractivity contribution < 1.29 is 4.74 Å². The van der Waals surface area contributed by atoms with Crippen molar-refractivity contribution in [2.45, 2.75) is 24.7 Å². The van der Waals surface area contributed by atoms with Gasteiger partial charge < -0.3 is 4.74 Å². The standard InChI is InChI=1S/C49H35N3O/c1-48(2)36-16-6-7-17-37(36)49(39-18-8-10-21-45(39)53-46-22-11-9-19-40(46)49)38-28-27-35(30-41(38)48)32-23-25-34(26-24-32)47-51-43(33-14-4-3-5-15-33)31-44(52-47)42-20-12-13-29-50-42/h3-31H,1-2H3.